The van der Waals surface area contributed by atoms with Crippen LogP contribution in [0.15, 0.2) is 12.3 Å². The van der Waals surface area contributed by atoms with Crippen molar-refractivity contribution >= 4 is 0 Å². The van der Waals surface area contributed by atoms with E-state index in [-0.39, 0.29) is 0 Å². The highest BCUT2D eigenvalue weighted by Gasteiger charge is 2.22. The Kier molecular flexibility index (Phi) is 8.63. The fourth-order valence-corrected chi connectivity index (χ4v) is 3.85. The monoisotopic (exact) mass is 331 g/mol. The third-order valence-corrected chi connectivity index (χ3v) is 5.49. The number of nitrogens with zero attached hydrogens (tertiary/aromatic N) is 1. The van der Waals surface area contributed by atoms with Crippen LogP contribution in [0.5, 0.6) is 5.75 Å². The van der Waals surface area contributed by atoms with Gasteiger partial charge in [-0.15, -0.1) is 0 Å². The van der Waals surface area contributed by atoms with Crippen LogP contribution in [0.25, 0.3) is 0 Å². The molecule has 0 bridgehead atoms. The fraction of sp³-hybridized carbons (Fsp3) is 0.773. The lowest BCUT2D eigenvalue weighted by atomic mass is 9.84. The number of rotatable bonds is 10. The lowest BCUT2D eigenvalue weighted by molar-refractivity contribution is 0.127. The number of aryl methyl sites for hydroxylation is 2. The van der Waals surface area contributed by atoms with E-state index in [2.05, 4.69) is 31.8 Å². The molecule has 1 fully saturated rings. The lowest BCUT2D eigenvalue weighted by Crippen LogP contribution is -2.24. The van der Waals surface area contributed by atoms with Gasteiger partial charge in [-0.1, -0.05) is 52.4 Å². The Hall–Kier alpha value is -1.05. The summed E-state index contributed by atoms with van der Waals surface area (Å²) >= 11 is 0. The summed E-state index contributed by atoms with van der Waals surface area (Å²) in [5.74, 6) is 1.91. The zero-order valence-electron chi connectivity index (χ0n) is 16.2. The van der Waals surface area contributed by atoms with Gasteiger partial charge in [0.2, 0.25) is 0 Å². The molecule has 1 heterocycles. The normalized spacial score (nSPS) is 21.0. The van der Waals surface area contributed by atoms with Crippen molar-refractivity contribution in [2.24, 2.45) is 5.92 Å². The van der Waals surface area contributed by atoms with Gasteiger partial charge >= 0.3 is 0 Å². The minimum atomic E-state index is 0.402. The number of hydrogen-bond acceptors (Lipinski definition) is 2. The van der Waals surface area contributed by atoms with E-state index < -0.39 is 0 Å². The van der Waals surface area contributed by atoms with Gasteiger partial charge in [0.1, 0.15) is 5.75 Å². The molecule has 0 radical (unpaired) electrons. The van der Waals surface area contributed by atoms with Gasteiger partial charge in [-0.3, -0.25) is 4.98 Å². The van der Waals surface area contributed by atoms with Gasteiger partial charge in [-0.2, -0.15) is 0 Å². The highest BCUT2D eigenvalue weighted by atomic mass is 16.5. The van der Waals surface area contributed by atoms with Crippen LogP contribution in [-0.2, 0) is 6.42 Å². The van der Waals surface area contributed by atoms with Crippen molar-refractivity contribution in [2.75, 3.05) is 0 Å². The van der Waals surface area contributed by atoms with E-state index in [1.807, 2.05) is 6.20 Å². The van der Waals surface area contributed by atoms with E-state index in [0.29, 0.717) is 6.10 Å². The Morgan fingerprint density at radius 2 is 1.75 bits per heavy atom. The quantitative estimate of drug-likeness (QED) is 0.448. The van der Waals surface area contributed by atoms with Crippen molar-refractivity contribution in [3.63, 3.8) is 0 Å². The summed E-state index contributed by atoms with van der Waals surface area (Å²) in [6.07, 6.45) is 17.9. The van der Waals surface area contributed by atoms with Gasteiger partial charge in [0.25, 0.3) is 0 Å². The molecule has 0 atom stereocenters. The second-order valence-electron chi connectivity index (χ2n) is 7.65. The predicted molar refractivity (Wildman–Crippen MR) is 103 cm³/mol. The Bertz CT molecular complexity index is 463. The molecule has 0 saturated heterocycles. The van der Waals surface area contributed by atoms with E-state index in [9.17, 15) is 0 Å². The summed E-state index contributed by atoms with van der Waals surface area (Å²) in [5, 5.41) is 0. The highest BCUT2D eigenvalue weighted by Crippen LogP contribution is 2.31. The molecule has 0 aliphatic heterocycles. The van der Waals surface area contributed by atoms with Gasteiger partial charge in [0.15, 0.2) is 0 Å². The molecular weight excluding hydrogens is 294 g/mol. The molecule has 2 rings (SSSR count). The third kappa shape index (κ3) is 6.45. The van der Waals surface area contributed by atoms with E-state index in [1.165, 1.54) is 81.9 Å². The number of hydrogen-bond donors (Lipinski definition) is 0. The number of pyridine rings is 1. The first kappa shape index (κ1) is 19.3. The van der Waals surface area contributed by atoms with Crippen LogP contribution in [0, 0.1) is 12.8 Å². The number of ether oxygens (including phenoxy) is 1. The number of aromatic nitrogens is 1. The Morgan fingerprint density at radius 3 is 2.42 bits per heavy atom. The Morgan fingerprint density at radius 1 is 1.00 bits per heavy atom. The molecule has 2 nitrogen and oxygen atoms in total. The Balaban J connectivity index is 1.76. The maximum Gasteiger partial charge on any atom is 0.138 e. The average molecular weight is 332 g/mol. The molecule has 1 aliphatic rings. The summed E-state index contributed by atoms with van der Waals surface area (Å²) in [5.41, 5.74) is 2.54. The first-order chi connectivity index (χ1) is 11.7. The van der Waals surface area contributed by atoms with Gasteiger partial charge in [0.05, 0.1) is 12.3 Å². The first-order valence-corrected chi connectivity index (χ1v) is 10.3. The van der Waals surface area contributed by atoms with E-state index in [4.69, 9.17) is 4.74 Å². The molecule has 1 aromatic heterocycles. The van der Waals surface area contributed by atoms with Crippen molar-refractivity contribution in [2.45, 2.75) is 104 Å². The van der Waals surface area contributed by atoms with Gasteiger partial charge in [-0.25, -0.2) is 0 Å². The molecule has 1 aliphatic carbocycles. The zero-order chi connectivity index (χ0) is 17.2. The lowest BCUT2D eigenvalue weighted by Gasteiger charge is -2.29. The van der Waals surface area contributed by atoms with Crippen LogP contribution in [-0.4, -0.2) is 11.1 Å². The second kappa shape index (κ2) is 10.7. The molecule has 0 amide bonds. The van der Waals surface area contributed by atoms with Crippen molar-refractivity contribution in [1.29, 1.82) is 0 Å². The van der Waals surface area contributed by atoms with Crippen molar-refractivity contribution < 1.29 is 4.74 Å². The summed E-state index contributed by atoms with van der Waals surface area (Å²) in [6, 6.07) is 2.20. The van der Waals surface area contributed by atoms with Gasteiger partial charge in [0, 0.05) is 5.69 Å². The van der Waals surface area contributed by atoms with Crippen molar-refractivity contribution in [3.8, 4) is 5.75 Å². The molecule has 24 heavy (non-hydrogen) atoms. The van der Waals surface area contributed by atoms with Crippen LogP contribution < -0.4 is 4.74 Å². The van der Waals surface area contributed by atoms with Crippen molar-refractivity contribution in [3.05, 3.63) is 23.5 Å². The summed E-state index contributed by atoms with van der Waals surface area (Å²) in [7, 11) is 0. The molecule has 1 aromatic rings. The van der Waals surface area contributed by atoms with Gasteiger partial charge in [-0.05, 0) is 63.0 Å². The molecule has 2 heteroatoms. The average Bonchev–Trinajstić information content (AvgIpc) is 2.60. The largest absolute Gasteiger partial charge is 0.489 e. The van der Waals surface area contributed by atoms with E-state index in [0.717, 1.165) is 18.1 Å². The molecule has 1 saturated carbocycles. The zero-order valence-corrected chi connectivity index (χ0v) is 16.2. The molecule has 0 unspecified atom stereocenters. The summed E-state index contributed by atoms with van der Waals surface area (Å²) < 4.78 is 6.22. The maximum absolute atomic E-state index is 6.22. The smallest absolute Gasteiger partial charge is 0.138 e. The topological polar surface area (TPSA) is 22.1 Å². The van der Waals surface area contributed by atoms with E-state index >= 15 is 0 Å². The minimum Gasteiger partial charge on any atom is -0.489 e. The summed E-state index contributed by atoms with van der Waals surface area (Å²) in [4.78, 5) is 4.67. The summed E-state index contributed by atoms with van der Waals surface area (Å²) in [6.45, 7) is 6.72. The first-order valence-electron chi connectivity index (χ1n) is 10.3. The van der Waals surface area contributed by atoms with Crippen LogP contribution in [0.4, 0.5) is 0 Å². The Labute approximate surface area is 149 Å². The van der Waals surface area contributed by atoms with E-state index in [1.54, 1.807) is 0 Å². The molecule has 0 aromatic carbocycles. The highest BCUT2D eigenvalue weighted by molar-refractivity contribution is 5.28. The maximum atomic E-state index is 6.22. The molecule has 0 spiro atoms. The van der Waals surface area contributed by atoms with Crippen LogP contribution in [0.3, 0.4) is 0 Å². The SMILES string of the molecule is CCCCCCc1ncc(O[C@H]2CC[C@H](CCCC)CC2)cc1C. The van der Waals surface area contributed by atoms with Crippen LogP contribution >= 0.6 is 0 Å². The van der Waals surface area contributed by atoms with Crippen LogP contribution in [0.2, 0.25) is 0 Å². The standard InChI is InChI=1S/C22H37NO/c1-4-6-8-9-11-22-18(3)16-21(17-23-22)24-20-14-12-19(13-15-20)10-7-5-2/h16-17,19-20H,4-15H2,1-3H3/t19-,20-. The minimum absolute atomic E-state index is 0.402. The molecular formula is C22H37NO. The van der Waals surface area contributed by atoms with Crippen molar-refractivity contribution in [1.82, 2.24) is 4.98 Å². The van der Waals surface area contributed by atoms with Gasteiger partial charge < -0.3 is 4.74 Å². The van der Waals surface area contributed by atoms with Crippen LogP contribution in [0.1, 0.15) is 95.7 Å². The third-order valence-electron chi connectivity index (χ3n) is 5.49. The number of unbranched alkanes of at least 4 members (excludes halogenated alkanes) is 4. The molecule has 136 valence electrons. The predicted octanol–water partition coefficient (Wildman–Crippen LogP) is 6.64. The molecule has 0 N–H and O–H groups in total. The second-order valence-corrected chi connectivity index (χ2v) is 7.65. The fourth-order valence-electron chi connectivity index (χ4n) is 3.85.